The largest absolute Gasteiger partial charge is 0.481 e. The molecule has 1 atom stereocenters. The molecule has 0 spiro atoms. The minimum Gasteiger partial charge on any atom is -0.481 e. The predicted octanol–water partition coefficient (Wildman–Crippen LogP) is 2.51. The van der Waals surface area contributed by atoms with Gasteiger partial charge in [0.1, 0.15) is 0 Å². The highest BCUT2D eigenvalue weighted by Gasteiger charge is 2.16. The van der Waals surface area contributed by atoms with Gasteiger partial charge in [-0.05, 0) is 24.2 Å². The molecule has 0 rings (SSSR count). The quantitative estimate of drug-likeness (QED) is 0.702. The Kier molecular flexibility index (Phi) is 8.16. The van der Waals surface area contributed by atoms with Crippen molar-refractivity contribution in [2.75, 3.05) is 13.2 Å². The summed E-state index contributed by atoms with van der Waals surface area (Å²) >= 11 is 0. The average molecular weight is 259 g/mol. The highest BCUT2D eigenvalue weighted by atomic mass is 16.5. The molecule has 2 N–H and O–H groups in total. The Bertz CT molecular complexity index is 264. The van der Waals surface area contributed by atoms with Crippen molar-refractivity contribution in [3.8, 4) is 0 Å². The Hall–Kier alpha value is -1.26. The van der Waals surface area contributed by atoms with E-state index >= 15 is 0 Å². The van der Waals surface area contributed by atoms with E-state index < -0.39 is 12.1 Å². The third kappa shape index (κ3) is 9.93. The number of rotatable bonds is 8. The van der Waals surface area contributed by atoms with Gasteiger partial charge in [0.05, 0.1) is 6.61 Å². The first-order chi connectivity index (χ1) is 8.31. The summed E-state index contributed by atoms with van der Waals surface area (Å²) in [7, 11) is 0. The van der Waals surface area contributed by atoms with Crippen molar-refractivity contribution in [1.82, 2.24) is 5.32 Å². The van der Waals surface area contributed by atoms with Crippen LogP contribution in [0, 0.1) is 17.8 Å². The maximum absolute atomic E-state index is 11.3. The number of carboxylic acid groups (broad SMARTS) is 1. The number of amides is 1. The van der Waals surface area contributed by atoms with Gasteiger partial charge < -0.3 is 15.2 Å². The maximum Gasteiger partial charge on any atom is 0.407 e. The second-order valence-corrected chi connectivity index (χ2v) is 5.47. The van der Waals surface area contributed by atoms with Gasteiger partial charge in [0, 0.05) is 13.0 Å². The first-order valence-electron chi connectivity index (χ1n) is 6.43. The van der Waals surface area contributed by atoms with Crippen LogP contribution in [-0.4, -0.2) is 30.3 Å². The molecule has 0 aliphatic rings. The second kappa shape index (κ2) is 8.78. The van der Waals surface area contributed by atoms with E-state index in [-0.39, 0.29) is 12.3 Å². The van der Waals surface area contributed by atoms with Crippen molar-refractivity contribution in [2.24, 2.45) is 17.8 Å². The fraction of sp³-hybridized carbons (Fsp3) is 0.846. The molecule has 5 heteroatoms. The molecule has 0 aromatic rings. The van der Waals surface area contributed by atoms with Crippen LogP contribution < -0.4 is 5.32 Å². The SMILES string of the molecule is CC(C)COC(=O)NCC(CC(=O)O)CC(C)C. The lowest BCUT2D eigenvalue weighted by molar-refractivity contribution is -0.138. The number of carboxylic acids is 1. The Morgan fingerprint density at radius 2 is 1.78 bits per heavy atom. The third-order valence-electron chi connectivity index (χ3n) is 2.35. The smallest absolute Gasteiger partial charge is 0.407 e. The molecule has 0 heterocycles. The van der Waals surface area contributed by atoms with Crippen LogP contribution in [0.5, 0.6) is 0 Å². The highest BCUT2D eigenvalue weighted by Crippen LogP contribution is 2.14. The lowest BCUT2D eigenvalue weighted by atomic mass is 9.94. The van der Waals surface area contributed by atoms with Crippen molar-refractivity contribution in [3.05, 3.63) is 0 Å². The van der Waals surface area contributed by atoms with Crippen LogP contribution in [0.1, 0.15) is 40.5 Å². The van der Waals surface area contributed by atoms with Crippen molar-refractivity contribution < 1.29 is 19.4 Å². The zero-order chi connectivity index (χ0) is 14.1. The predicted molar refractivity (Wildman–Crippen MR) is 69.4 cm³/mol. The van der Waals surface area contributed by atoms with Gasteiger partial charge in [-0.15, -0.1) is 0 Å². The Morgan fingerprint density at radius 3 is 2.22 bits per heavy atom. The summed E-state index contributed by atoms with van der Waals surface area (Å²) < 4.78 is 4.97. The Balaban J connectivity index is 4.00. The summed E-state index contributed by atoms with van der Waals surface area (Å²) in [5, 5.41) is 11.4. The molecule has 1 amide bonds. The summed E-state index contributed by atoms with van der Waals surface area (Å²) in [5.74, 6) is -0.184. The zero-order valence-corrected chi connectivity index (χ0v) is 11.7. The van der Waals surface area contributed by atoms with E-state index in [1.54, 1.807) is 0 Å². The molecular formula is C13H25NO4. The molecular weight excluding hydrogens is 234 g/mol. The number of alkyl carbamates (subject to hydrolysis) is 1. The van der Waals surface area contributed by atoms with Crippen molar-refractivity contribution in [1.29, 1.82) is 0 Å². The Morgan fingerprint density at radius 1 is 1.17 bits per heavy atom. The summed E-state index contributed by atoms with van der Waals surface area (Å²) in [6, 6.07) is 0. The van der Waals surface area contributed by atoms with Gasteiger partial charge in [0.2, 0.25) is 0 Å². The molecule has 0 radical (unpaired) electrons. The standard InChI is InChI=1S/C13H25NO4/c1-9(2)5-11(6-12(15)16)7-14-13(17)18-8-10(3)4/h9-11H,5-8H2,1-4H3,(H,14,17)(H,15,16). The van der Waals surface area contributed by atoms with Crippen molar-refractivity contribution in [2.45, 2.75) is 40.5 Å². The summed E-state index contributed by atoms with van der Waals surface area (Å²) in [6.07, 6.45) is 0.377. The van der Waals surface area contributed by atoms with Crippen LogP contribution in [0.25, 0.3) is 0 Å². The molecule has 0 saturated heterocycles. The topological polar surface area (TPSA) is 75.6 Å². The number of hydrogen-bond acceptors (Lipinski definition) is 3. The molecule has 5 nitrogen and oxygen atoms in total. The molecule has 0 fully saturated rings. The first-order valence-corrected chi connectivity index (χ1v) is 6.43. The maximum atomic E-state index is 11.3. The molecule has 18 heavy (non-hydrogen) atoms. The van der Waals surface area contributed by atoms with Crippen LogP contribution in [0.2, 0.25) is 0 Å². The molecule has 0 bridgehead atoms. The Labute approximate surface area is 109 Å². The monoisotopic (exact) mass is 259 g/mol. The number of hydrogen-bond donors (Lipinski definition) is 2. The van der Waals surface area contributed by atoms with Gasteiger partial charge in [-0.3, -0.25) is 4.79 Å². The second-order valence-electron chi connectivity index (χ2n) is 5.47. The van der Waals surface area contributed by atoms with E-state index in [9.17, 15) is 9.59 Å². The van der Waals surface area contributed by atoms with Gasteiger partial charge in [-0.1, -0.05) is 27.7 Å². The summed E-state index contributed by atoms with van der Waals surface area (Å²) in [6.45, 7) is 8.71. The van der Waals surface area contributed by atoms with E-state index in [2.05, 4.69) is 5.32 Å². The fourth-order valence-corrected chi connectivity index (χ4v) is 1.67. The summed E-state index contributed by atoms with van der Waals surface area (Å²) in [4.78, 5) is 22.0. The van der Waals surface area contributed by atoms with Crippen LogP contribution in [0.4, 0.5) is 4.79 Å². The van der Waals surface area contributed by atoms with Gasteiger partial charge in [0.25, 0.3) is 0 Å². The molecule has 106 valence electrons. The minimum atomic E-state index is -0.835. The lowest BCUT2D eigenvalue weighted by Crippen LogP contribution is -2.32. The van der Waals surface area contributed by atoms with Crippen LogP contribution in [0.3, 0.4) is 0 Å². The zero-order valence-electron chi connectivity index (χ0n) is 11.7. The molecule has 0 saturated carbocycles. The molecule has 0 aromatic carbocycles. The number of carbonyl (C=O) groups is 2. The average Bonchev–Trinajstić information content (AvgIpc) is 2.21. The molecule has 0 aliphatic carbocycles. The van der Waals surface area contributed by atoms with Crippen molar-refractivity contribution >= 4 is 12.1 Å². The number of aliphatic carboxylic acids is 1. The fourth-order valence-electron chi connectivity index (χ4n) is 1.67. The van der Waals surface area contributed by atoms with Gasteiger partial charge in [0.15, 0.2) is 0 Å². The van der Waals surface area contributed by atoms with E-state index in [0.29, 0.717) is 25.0 Å². The minimum absolute atomic E-state index is 0.0471. The lowest BCUT2D eigenvalue weighted by Gasteiger charge is -2.17. The van der Waals surface area contributed by atoms with Gasteiger partial charge >= 0.3 is 12.1 Å². The first kappa shape index (κ1) is 16.7. The normalized spacial score (nSPS) is 12.6. The number of nitrogens with one attached hydrogen (secondary N) is 1. The van der Waals surface area contributed by atoms with Crippen LogP contribution in [0.15, 0.2) is 0 Å². The number of ether oxygens (including phenoxy) is 1. The van der Waals surface area contributed by atoms with Crippen LogP contribution >= 0.6 is 0 Å². The highest BCUT2D eigenvalue weighted by molar-refractivity contribution is 5.68. The summed E-state index contributed by atoms with van der Waals surface area (Å²) in [5.41, 5.74) is 0. The van der Waals surface area contributed by atoms with Crippen molar-refractivity contribution in [3.63, 3.8) is 0 Å². The number of carbonyl (C=O) groups excluding carboxylic acids is 1. The van der Waals surface area contributed by atoms with Crippen LogP contribution in [-0.2, 0) is 9.53 Å². The van der Waals surface area contributed by atoms with E-state index in [0.717, 1.165) is 6.42 Å². The molecule has 0 aromatic heterocycles. The van der Waals surface area contributed by atoms with Gasteiger partial charge in [-0.25, -0.2) is 4.79 Å². The molecule has 0 aliphatic heterocycles. The van der Waals surface area contributed by atoms with Gasteiger partial charge in [-0.2, -0.15) is 0 Å². The van der Waals surface area contributed by atoms with E-state index in [4.69, 9.17) is 9.84 Å². The van der Waals surface area contributed by atoms with E-state index in [1.807, 2.05) is 27.7 Å². The van der Waals surface area contributed by atoms with E-state index in [1.165, 1.54) is 0 Å². The third-order valence-corrected chi connectivity index (χ3v) is 2.35. The molecule has 1 unspecified atom stereocenters.